The van der Waals surface area contributed by atoms with Crippen molar-refractivity contribution in [1.82, 2.24) is 10.3 Å². The Labute approximate surface area is 108 Å². The molecule has 1 N–H and O–H groups in total. The predicted molar refractivity (Wildman–Crippen MR) is 74.0 cm³/mol. The number of hydrogen-bond acceptors (Lipinski definition) is 5. The van der Waals surface area contributed by atoms with Gasteiger partial charge in [-0.25, -0.2) is 4.98 Å². The zero-order valence-electron chi connectivity index (χ0n) is 11.2. The highest BCUT2D eigenvalue weighted by Gasteiger charge is 2.11. The van der Waals surface area contributed by atoms with Gasteiger partial charge in [-0.05, 0) is 20.4 Å². The maximum absolute atomic E-state index is 5.34. The highest BCUT2D eigenvalue weighted by Crippen LogP contribution is 2.22. The van der Waals surface area contributed by atoms with Crippen molar-refractivity contribution < 1.29 is 4.74 Å². The molecule has 1 rings (SSSR count). The van der Waals surface area contributed by atoms with Crippen molar-refractivity contribution in [1.29, 1.82) is 0 Å². The minimum Gasteiger partial charge on any atom is -0.380 e. The van der Waals surface area contributed by atoms with Gasteiger partial charge in [0, 0.05) is 31.6 Å². The number of rotatable bonds is 8. The molecule has 98 valence electrons. The molecule has 1 aromatic heterocycles. The first-order valence-electron chi connectivity index (χ1n) is 6.16. The van der Waals surface area contributed by atoms with Gasteiger partial charge >= 0.3 is 0 Å². The molecule has 0 fully saturated rings. The Kier molecular flexibility index (Phi) is 6.47. The van der Waals surface area contributed by atoms with Gasteiger partial charge in [0.1, 0.15) is 0 Å². The Balaban J connectivity index is 2.48. The lowest BCUT2D eigenvalue weighted by molar-refractivity contribution is 0.154. The fourth-order valence-electron chi connectivity index (χ4n) is 1.50. The van der Waals surface area contributed by atoms with Crippen LogP contribution in [0.3, 0.4) is 0 Å². The molecule has 0 aliphatic carbocycles. The second-order valence-electron chi connectivity index (χ2n) is 3.95. The summed E-state index contributed by atoms with van der Waals surface area (Å²) >= 11 is 1.69. The molecule has 1 unspecified atom stereocenters. The largest absolute Gasteiger partial charge is 0.380 e. The first-order chi connectivity index (χ1) is 8.19. The van der Waals surface area contributed by atoms with Crippen LogP contribution in [-0.4, -0.2) is 38.3 Å². The third-order valence-electron chi connectivity index (χ3n) is 2.57. The summed E-state index contributed by atoms with van der Waals surface area (Å²) in [5.74, 6) is 0. The van der Waals surface area contributed by atoms with E-state index in [9.17, 15) is 0 Å². The van der Waals surface area contributed by atoms with Gasteiger partial charge in [-0.15, -0.1) is 11.3 Å². The molecule has 0 aliphatic rings. The van der Waals surface area contributed by atoms with Crippen LogP contribution >= 0.6 is 11.3 Å². The maximum atomic E-state index is 5.34. The van der Waals surface area contributed by atoms with Crippen LogP contribution in [0.15, 0.2) is 5.38 Å². The van der Waals surface area contributed by atoms with Crippen molar-refractivity contribution in [2.75, 3.05) is 38.3 Å². The zero-order chi connectivity index (χ0) is 12.7. The van der Waals surface area contributed by atoms with Crippen molar-refractivity contribution in [3.8, 4) is 0 Å². The SMILES string of the molecule is CCNC(C)c1csc(N(C)CCOCC)n1. The number of aromatic nitrogens is 1. The lowest BCUT2D eigenvalue weighted by Crippen LogP contribution is -2.23. The summed E-state index contributed by atoms with van der Waals surface area (Å²) in [5, 5.41) is 6.55. The van der Waals surface area contributed by atoms with E-state index < -0.39 is 0 Å². The minimum absolute atomic E-state index is 0.324. The maximum Gasteiger partial charge on any atom is 0.185 e. The zero-order valence-corrected chi connectivity index (χ0v) is 12.0. The fraction of sp³-hybridized carbons (Fsp3) is 0.750. The molecule has 0 spiro atoms. The van der Waals surface area contributed by atoms with Crippen LogP contribution in [0.1, 0.15) is 32.5 Å². The van der Waals surface area contributed by atoms with E-state index in [0.29, 0.717) is 6.04 Å². The van der Waals surface area contributed by atoms with E-state index in [1.165, 1.54) is 0 Å². The second-order valence-corrected chi connectivity index (χ2v) is 4.79. The number of hydrogen-bond donors (Lipinski definition) is 1. The molecule has 0 saturated heterocycles. The van der Waals surface area contributed by atoms with E-state index in [1.807, 2.05) is 6.92 Å². The summed E-state index contributed by atoms with van der Waals surface area (Å²) in [5.41, 5.74) is 1.12. The van der Waals surface area contributed by atoms with Crippen LogP contribution in [0.4, 0.5) is 5.13 Å². The number of nitrogens with zero attached hydrogens (tertiary/aromatic N) is 2. The molecule has 4 nitrogen and oxygen atoms in total. The van der Waals surface area contributed by atoms with Gasteiger partial charge in [0.15, 0.2) is 5.13 Å². The summed E-state index contributed by atoms with van der Waals surface area (Å²) in [6, 6.07) is 0.324. The molecule has 0 aliphatic heterocycles. The average Bonchev–Trinajstić information content (AvgIpc) is 2.79. The van der Waals surface area contributed by atoms with Crippen LogP contribution < -0.4 is 10.2 Å². The summed E-state index contributed by atoms with van der Waals surface area (Å²) in [6.45, 7) is 9.64. The molecule has 0 amide bonds. The number of ether oxygens (including phenoxy) is 1. The average molecular weight is 257 g/mol. The minimum atomic E-state index is 0.324. The highest BCUT2D eigenvalue weighted by atomic mass is 32.1. The van der Waals surface area contributed by atoms with Crippen LogP contribution in [0.25, 0.3) is 0 Å². The van der Waals surface area contributed by atoms with Crippen molar-refractivity contribution in [3.05, 3.63) is 11.1 Å². The van der Waals surface area contributed by atoms with Crippen molar-refractivity contribution in [3.63, 3.8) is 0 Å². The monoisotopic (exact) mass is 257 g/mol. The Morgan fingerprint density at radius 2 is 2.29 bits per heavy atom. The second kappa shape index (κ2) is 7.63. The highest BCUT2D eigenvalue weighted by molar-refractivity contribution is 7.13. The number of anilines is 1. The Bertz CT molecular complexity index is 316. The van der Waals surface area contributed by atoms with E-state index in [0.717, 1.165) is 37.1 Å². The van der Waals surface area contributed by atoms with E-state index in [-0.39, 0.29) is 0 Å². The smallest absolute Gasteiger partial charge is 0.185 e. The lowest BCUT2D eigenvalue weighted by atomic mass is 10.3. The number of thiazole rings is 1. The topological polar surface area (TPSA) is 37.4 Å². The summed E-state index contributed by atoms with van der Waals surface area (Å²) in [6.07, 6.45) is 0. The Hall–Kier alpha value is -0.650. The molecule has 0 aromatic carbocycles. The molecule has 0 bridgehead atoms. The molecule has 0 saturated carbocycles. The van der Waals surface area contributed by atoms with Gasteiger partial charge in [0.2, 0.25) is 0 Å². The van der Waals surface area contributed by atoms with Crippen LogP contribution in [0.2, 0.25) is 0 Å². The molecular weight excluding hydrogens is 234 g/mol. The van der Waals surface area contributed by atoms with Gasteiger partial charge in [0.05, 0.1) is 12.3 Å². The summed E-state index contributed by atoms with van der Waals surface area (Å²) < 4.78 is 5.34. The van der Waals surface area contributed by atoms with E-state index in [4.69, 9.17) is 4.74 Å². The Morgan fingerprint density at radius 1 is 1.53 bits per heavy atom. The van der Waals surface area contributed by atoms with Crippen LogP contribution in [-0.2, 0) is 4.74 Å². The van der Waals surface area contributed by atoms with Gasteiger partial charge in [-0.2, -0.15) is 0 Å². The van der Waals surface area contributed by atoms with Gasteiger partial charge in [-0.1, -0.05) is 6.92 Å². The third-order valence-corrected chi connectivity index (χ3v) is 3.54. The third kappa shape index (κ3) is 4.61. The summed E-state index contributed by atoms with van der Waals surface area (Å²) in [4.78, 5) is 6.78. The van der Waals surface area contributed by atoms with Crippen LogP contribution in [0.5, 0.6) is 0 Å². The molecule has 1 aromatic rings. The van der Waals surface area contributed by atoms with Gasteiger partial charge in [-0.3, -0.25) is 0 Å². The predicted octanol–water partition coefficient (Wildman–Crippen LogP) is 2.29. The number of likely N-dealkylation sites (N-methyl/N-ethyl adjacent to an activating group) is 1. The summed E-state index contributed by atoms with van der Waals surface area (Å²) in [7, 11) is 2.06. The lowest BCUT2D eigenvalue weighted by Gasteiger charge is -2.15. The fourth-order valence-corrected chi connectivity index (χ4v) is 2.41. The van der Waals surface area contributed by atoms with Crippen LogP contribution in [0, 0.1) is 0 Å². The Morgan fingerprint density at radius 3 is 2.94 bits per heavy atom. The molecule has 1 atom stereocenters. The standard InChI is InChI=1S/C12H23N3OS/c1-5-13-10(3)11-9-17-12(14-11)15(4)7-8-16-6-2/h9-10,13H,5-8H2,1-4H3. The van der Waals surface area contributed by atoms with Gasteiger partial charge < -0.3 is 15.0 Å². The quantitative estimate of drug-likeness (QED) is 0.725. The normalized spacial score (nSPS) is 12.7. The van der Waals surface area contributed by atoms with E-state index >= 15 is 0 Å². The molecule has 17 heavy (non-hydrogen) atoms. The van der Waals surface area contributed by atoms with E-state index in [2.05, 4.69) is 41.5 Å². The van der Waals surface area contributed by atoms with Crippen molar-refractivity contribution in [2.45, 2.75) is 26.8 Å². The van der Waals surface area contributed by atoms with Crippen molar-refractivity contribution in [2.24, 2.45) is 0 Å². The molecule has 5 heteroatoms. The first kappa shape index (κ1) is 14.4. The molecule has 0 radical (unpaired) electrons. The van der Waals surface area contributed by atoms with Crippen molar-refractivity contribution >= 4 is 16.5 Å². The van der Waals surface area contributed by atoms with Gasteiger partial charge in [0.25, 0.3) is 0 Å². The number of nitrogens with one attached hydrogen (secondary N) is 1. The first-order valence-corrected chi connectivity index (χ1v) is 7.04. The molecular formula is C12H23N3OS. The molecule has 1 heterocycles. The van der Waals surface area contributed by atoms with E-state index in [1.54, 1.807) is 11.3 Å².